The molecule has 0 unspecified atom stereocenters. The van der Waals surface area contributed by atoms with Gasteiger partial charge >= 0.3 is 0 Å². The van der Waals surface area contributed by atoms with Crippen LogP contribution in [0.2, 0.25) is 0 Å². The van der Waals surface area contributed by atoms with Crippen molar-refractivity contribution in [2.75, 3.05) is 39.8 Å². The Labute approximate surface area is 117 Å². The lowest BCUT2D eigenvalue weighted by Crippen LogP contribution is -2.49. The van der Waals surface area contributed by atoms with E-state index in [0.717, 1.165) is 58.3 Å². The molecule has 4 nitrogen and oxygen atoms in total. The van der Waals surface area contributed by atoms with Gasteiger partial charge in [-0.25, -0.2) is 0 Å². The first-order valence-corrected chi connectivity index (χ1v) is 7.86. The number of hydrogen-bond donors (Lipinski definition) is 1. The Morgan fingerprint density at radius 1 is 1.00 bits per heavy atom. The van der Waals surface area contributed by atoms with Crippen molar-refractivity contribution >= 4 is 5.91 Å². The van der Waals surface area contributed by atoms with Crippen LogP contribution < -0.4 is 5.73 Å². The predicted molar refractivity (Wildman–Crippen MR) is 77.9 cm³/mol. The van der Waals surface area contributed by atoms with Gasteiger partial charge in [0.25, 0.3) is 0 Å². The standard InChI is InChI=1S/C15H29N3O/c1-17-9-6-10-18(12-11-17)14(19)15(13-16)7-4-2-3-5-8-15/h2-13,16H2,1H3. The summed E-state index contributed by atoms with van der Waals surface area (Å²) >= 11 is 0. The molecule has 1 saturated carbocycles. The quantitative estimate of drug-likeness (QED) is 0.770. The van der Waals surface area contributed by atoms with Crippen molar-refractivity contribution in [3.05, 3.63) is 0 Å². The molecule has 110 valence electrons. The summed E-state index contributed by atoms with van der Waals surface area (Å²) in [5.74, 6) is 0.340. The lowest BCUT2D eigenvalue weighted by atomic mass is 9.79. The van der Waals surface area contributed by atoms with Crippen LogP contribution in [0.4, 0.5) is 0 Å². The number of carbonyl (C=O) groups excluding carboxylic acids is 1. The Morgan fingerprint density at radius 2 is 1.68 bits per heavy atom. The number of amides is 1. The van der Waals surface area contributed by atoms with Gasteiger partial charge in [0.1, 0.15) is 0 Å². The van der Waals surface area contributed by atoms with Crippen molar-refractivity contribution in [3.63, 3.8) is 0 Å². The summed E-state index contributed by atoms with van der Waals surface area (Å²) in [5.41, 5.74) is 5.77. The van der Waals surface area contributed by atoms with Crippen LogP contribution in [0.3, 0.4) is 0 Å². The minimum Gasteiger partial charge on any atom is -0.341 e. The minimum absolute atomic E-state index is 0.251. The number of nitrogens with two attached hydrogens (primary N) is 1. The summed E-state index contributed by atoms with van der Waals surface area (Å²) in [6.45, 7) is 4.39. The SMILES string of the molecule is CN1CCCN(C(=O)C2(CN)CCCCCC2)CC1. The Bertz CT molecular complexity index is 298. The second kappa shape index (κ2) is 6.71. The molecule has 4 heteroatoms. The smallest absolute Gasteiger partial charge is 0.230 e. The molecule has 0 aromatic carbocycles. The molecule has 2 N–H and O–H groups in total. The molecule has 19 heavy (non-hydrogen) atoms. The molecular weight excluding hydrogens is 238 g/mol. The van der Waals surface area contributed by atoms with E-state index in [1.807, 2.05) is 0 Å². The van der Waals surface area contributed by atoms with Gasteiger partial charge in [-0.2, -0.15) is 0 Å². The van der Waals surface area contributed by atoms with Gasteiger partial charge in [0.05, 0.1) is 5.41 Å². The molecule has 1 amide bonds. The van der Waals surface area contributed by atoms with Crippen LogP contribution in [0.25, 0.3) is 0 Å². The van der Waals surface area contributed by atoms with Gasteiger partial charge in [0, 0.05) is 26.2 Å². The van der Waals surface area contributed by atoms with E-state index in [2.05, 4.69) is 16.8 Å². The largest absolute Gasteiger partial charge is 0.341 e. The van der Waals surface area contributed by atoms with Crippen molar-refractivity contribution in [2.24, 2.45) is 11.1 Å². The summed E-state index contributed by atoms with van der Waals surface area (Å²) in [4.78, 5) is 17.3. The van der Waals surface area contributed by atoms with E-state index in [-0.39, 0.29) is 5.41 Å². The minimum atomic E-state index is -0.251. The molecule has 1 heterocycles. The first-order valence-electron chi connectivity index (χ1n) is 7.86. The highest BCUT2D eigenvalue weighted by molar-refractivity contribution is 5.83. The summed E-state index contributed by atoms with van der Waals surface area (Å²) in [6, 6.07) is 0. The monoisotopic (exact) mass is 267 g/mol. The first-order chi connectivity index (χ1) is 9.18. The Morgan fingerprint density at radius 3 is 2.32 bits per heavy atom. The number of rotatable bonds is 2. The third kappa shape index (κ3) is 3.48. The van der Waals surface area contributed by atoms with Crippen LogP contribution in [-0.2, 0) is 4.79 Å². The Hall–Kier alpha value is -0.610. The topological polar surface area (TPSA) is 49.6 Å². The zero-order chi connectivity index (χ0) is 13.7. The van der Waals surface area contributed by atoms with E-state index >= 15 is 0 Å². The molecule has 2 aliphatic rings. The van der Waals surface area contributed by atoms with Gasteiger partial charge in [-0.15, -0.1) is 0 Å². The average molecular weight is 267 g/mol. The fraction of sp³-hybridized carbons (Fsp3) is 0.933. The molecule has 1 aliphatic heterocycles. The van der Waals surface area contributed by atoms with Gasteiger partial charge in [-0.05, 0) is 32.9 Å². The fourth-order valence-corrected chi connectivity index (χ4v) is 3.50. The zero-order valence-corrected chi connectivity index (χ0v) is 12.4. The van der Waals surface area contributed by atoms with Crippen molar-refractivity contribution in [2.45, 2.75) is 44.9 Å². The van der Waals surface area contributed by atoms with Crippen LogP contribution in [0.5, 0.6) is 0 Å². The molecular formula is C15H29N3O. The third-order valence-electron chi connectivity index (χ3n) is 4.91. The molecule has 0 radical (unpaired) electrons. The van der Waals surface area contributed by atoms with Gasteiger partial charge in [0.2, 0.25) is 5.91 Å². The van der Waals surface area contributed by atoms with Crippen LogP contribution in [0, 0.1) is 5.41 Å². The maximum atomic E-state index is 12.9. The fourth-order valence-electron chi connectivity index (χ4n) is 3.50. The van der Waals surface area contributed by atoms with E-state index in [1.165, 1.54) is 12.8 Å². The molecule has 2 rings (SSSR count). The molecule has 1 aliphatic carbocycles. The van der Waals surface area contributed by atoms with Crippen LogP contribution in [0.15, 0.2) is 0 Å². The van der Waals surface area contributed by atoms with Crippen LogP contribution >= 0.6 is 0 Å². The Balaban J connectivity index is 2.06. The number of likely N-dealkylation sites (N-methyl/N-ethyl adjacent to an activating group) is 1. The lowest BCUT2D eigenvalue weighted by molar-refractivity contribution is -0.142. The van der Waals surface area contributed by atoms with E-state index < -0.39 is 0 Å². The van der Waals surface area contributed by atoms with Crippen LogP contribution in [-0.4, -0.2) is 55.5 Å². The van der Waals surface area contributed by atoms with Crippen molar-refractivity contribution in [1.82, 2.24) is 9.80 Å². The van der Waals surface area contributed by atoms with E-state index in [9.17, 15) is 4.79 Å². The maximum absolute atomic E-state index is 12.9. The van der Waals surface area contributed by atoms with Gasteiger partial charge < -0.3 is 15.5 Å². The van der Waals surface area contributed by atoms with Crippen molar-refractivity contribution in [1.29, 1.82) is 0 Å². The molecule has 0 spiro atoms. The van der Waals surface area contributed by atoms with E-state index in [4.69, 9.17) is 5.73 Å². The van der Waals surface area contributed by atoms with Crippen molar-refractivity contribution in [3.8, 4) is 0 Å². The molecule has 1 saturated heterocycles. The maximum Gasteiger partial charge on any atom is 0.230 e. The summed E-state index contributed by atoms with van der Waals surface area (Å²) < 4.78 is 0. The number of nitrogens with zero attached hydrogens (tertiary/aromatic N) is 2. The first kappa shape index (κ1) is 14.8. The second-order valence-corrected chi connectivity index (χ2v) is 6.35. The normalized spacial score (nSPS) is 25.7. The highest BCUT2D eigenvalue weighted by Crippen LogP contribution is 2.36. The molecule has 0 aromatic heterocycles. The number of hydrogen-bond acceptors (Lipinski definition) is 3. The highest BCUT2D eigenvalue weighted by Gasteiger charge is 2.40. The zero-order valence-electron chi connectivity index (χ0n) is 12.4. The van der Waals surface area contributed by atoms with E-state index in [1.54, 1.807) is 0 Å². The average Bonchev–Trinajstić information content (AvgIpc) is 2.79. The van der Waals surface area contributed by atoms with Gasteiger partial charge in [0.15, 0.2) is 0 Å². The summed E-state index contributed by atoms with van der Waals surface area (Å²) in [6.07, 6.45) is 7.93. The van der Waals surface area contributed by atoms with E-state index in [0.29, 0.717) is 12.5 Å². The van der Waals surface area contributed by atoms with Gasteiger partial charge in [-0.3, -0.25) is 4.79 Å². The Kier molecular flexibility index (Phi) is 5.22. The second-order valence-electron chi connectivity index (χ2n) is 6.35. The molecule has 2 fully saturated rings. The lowest BCUT2D eigenvalue weighted by Gasteiger charge is -2.35. The molecule has 0 bridgehead atoms. The predicted octanol–water partition coefficient (Wildman–Crippen LogP) is 1.45. The molecule has 0 atom stereocenters. The summed E-state index contributed by atoms with van der Waals surface area (Å²) in [5, 5.41) is 0. The van der Waals surface area contributed by atoms with Crippen molar-refractivity contribution < 1.29 is 4.79 Å². The van der Waals surface area contributed by atoms with Gasteiger partial charge in [-0.1, -0.05) is 25.7 Å². The van der Waals surface area contributed by atoms with Crippen LogP contribution in [0.1, 0.15) is 44.9 Å². The third-order valence-corrected chi connectivity index (χ3v) is 4.91. The number of carbonyl (C=O) groups is 1. The highest BCUT2D eigenvalue weighted by atomic mass is 16.2. The molecule has 0 aromatic rings. The summed E-state index contributed by atoms with van der Waals surface area (Å²) in [7, 11) is 2.14.